The Morgan fingerprint density at radius 1 is 1.30 bits per heavy atom. The number of hydrogen-bond donors (Lipinski definition) is 1. The molecule has 0 saturated heterocycles. The summed E-state index contributed by atoms with van der Waals surface area (Å²) in [6.45, 7) is 0. The van der Waals surface area contributed by atoms with Crippen LogP contribution in [0.5, 0.6) is 0 Å². The Balaban J connectivity index is 1.89. The van der Waals surface area contributed by atoms with Gasteiger partial charge in [-0.25, -0.2) is 0 Å². The lowest BCUT2D eigenvalue weighted by atomic mass is 10.1. The fourth-order valence-corrected chi connectivity index (χ4v) is 1.25. The summed E-state index contributed by atoms with van der Waals surface area (Å²) in [5.74, 6) is 0.672. The van der Waals surface area contributed by atoms with Crippen LogP contribution in [0, 0.1) is 11.8 Å². The maximum Gasteiger partial charge on any atom is 0.164 e. The summed E-state index contributed by atoms with van der Waals surface area (Å²) in [5, 5.41) is 9.32. The van der Waals surface area contributed by atoms with Gasteiger partial charge < -0.3 is 5.11 Å². The van der Waals surface area contributed by atoms with Crippen molar-refractivity contribution < 1.29 is 9.90 Å². The maximum atomic E-state index is 11.1. The highest BCUT2D eigenvalue weighted by Crippen LogP contribution is 2.38. The predicted molar refractivity (Wildman–Crippen MR) is 36.5 cm³/mol. The molecule has 0 aromatic heterocycles. The number of aliphatic hydroxyl groups excluding tert-OH is 1. The van der Waals surface area contributed by atoms with E-state index in [1.807, 2.05) is 0 Å². The number of hydrogen-bond acceptors (Lipinski definition) is 2. The highest BCUT2D eigenvalue weighted by Gasteiger charge is 2.41. The van der Waals surface area contributed by atoms with Crippen LogP contribution in [0.2, 0.25) is 0 Å². The van der Waals surface area contributed by atoms with Gasteiger partial charge in [-0.1, -0.05) is 0 Å². The molecule has 1 unspecified atom stereocenters. The molecule has 2 heteroatoms. The lowest BCUT2D eigenvalue weighted by Crippen LogP contribution is -2.23. The van der Waals surface area contributed by atoms with Gasteiger partial charge in [-0.3, -0.25) is 4.79 Å². The second kappa shape index (κ2) is 2.06. The summed E-state index contributed by atoms with van der Waals surface area (Å²) in [7, 11) is 0. The van der Waals surface area contributed by atoms with E-state index in [4.69, 9.17) is 0 Å². The average molecular weight is 140 g/mol. The van der Waals surface area contributed by atoms with E-state index in [1.165, 1.54) is 0 Å². The largest absolute Gasteiger partial charge is 0.385 e. The molecule has 2 rings (SSSR count). The fourth-order valence-electron chi connectivity index (χ4n) is 1.25. The van der Waals surface area contributed by atoms with Crippen LogP contribution in [0.15, 0.2) is 0 Å². The Kier molecular flexibility index (Phi) is 1.31. The number of carbonyl (C=O) groups is 1. The number of aliphatic hydroxyl groups is 1. The smallest absolute Gasteiger partial charge is 0.164 e. The molecule has 2 aliphatic rings. The number of ketones is 1. The van der Waals surface area contributed by atoms with Crippen molar-refractivity contribution in [3.63, 3.8) is 0 Å². The van der Waals surface area contributed by atoms with E-state index in [9.17, 15) is 9.90 Å². The van der Waals surface area contributed by atoms with Crippen LogP contribution >= 0.6 is 0 Å². The Hall–Kier alpha value is -0.370. The molecule has 0 amide bonds. The zero-order chi connectivity index (χ0) is 7.14. The summed E-state index contributed by atoms with van der Waals surface area (Å²) in [5.41, 5.74) is 0. The first-order chi connectivity index (χ1) is 4.79. The molecular formula is C8H12O2. The van der Waals surface area contributed by atoms with Gasteiger partial charge in [-0.2, -0.15) is 0 Å². The summed E-state index contributed by atoms with van der Waals surface area (Å²) in [6, 6.07) is 0. The fraction of sp³-hybridized carbons (Fsp3) is 0.875. The molecular weight excluding hydrogens is 128 g/mol. The van der Waals surface area contributed by atoms with Crippen LogP contribution in [0.4, 0.5) is 0 Å². The van der Waals surface area contributed by atoms with Crippen molar-refractivity contribution >= 4 is 5.78 Å². The number of rotatable bonds is 3. The molecule has 0 radical (unpaired) electrons. The highest BCUT2D eigenvalue weighted by atomic mass is 16.3. The van der Waals surface area contributed by atoms with Gasteiger partial charge in [0.1, 0.15) is 6.10 Å². The van der Waals surface area contributed by atoms with Gasteiger partial charge in [-0.05, 0) is 31.6 Å². The molecule has 2 fully saturated rings. The topological polar surface area (TPSA) is 37.3 Å². The van der Waals surface area contributed by atoms with Crippen LogP contribution in [0.3, 0.4) is 0 Å². The normalized spacial score (nSPS) is 28.1. The molecule has 0 bridgehead atoms. The minimum absolute atomic E-state index is 0.113. The van der Waals surface area contributed by atoms with Gasteiger partial charge in [0, 0.05) is 5.92 Å². The Labute approximate surface area is 60.2 Å². The van der Waals surface area contributed by atoms with Crippen LogP contribution < -0.4 is 0 Å². The van der Waals surface area contributed by atoms with E-state index in [0.29, 0.717) is 5.92 Å². The molecule has 0 heterocycles. The average Bonchev–Trinajstić information content (AvgIpc) is 2.73. The van der Waals surface area contributed by atoms with Crippen molar-refractivity contribution in [2.24, 2.45) is 11.8 Å². The minimum atomic E-state index is -0.604. The van der Waals surface area contributed by atoms with Gasteiger partial charge in [0.05, 0.1) is 0 Å². The van der Waals surface area contributed by atoms with E-state index in [-0.39, 0.29) is 11.7 Å². The second-order valence-electron chi connectivity index (χ2n) is 3.46. The standard InChI is InChI=1S/C8H12O2/c9-7(5-1-2-5)8(10)6-3-4-6/h5-7,9H,1-4H2. The van der Waals surface area contributed by atoms with E-state index < -0.39 is 6.10 Å². The first-order valence-electron chi connectivity index (χ1n) is 4.01. The Morgan fingerprint density at radius 2 is 1.90 bits per heavy atom. The summed E-state index contributed by atoms with van der Waals surface area (Å²) in [4.78, 5) is 11.1. The Bertz CT molecular complexity index is 157. The van der Waals surface area contributed by atoms with Gasteiger partial charge in [-0.15, -0.1) is 0 Å². The van der Waals surface area contributed by atoms with Crippen molar-refractivity contribution in [1.29, 1.82) is 0 Å². The predicted octanol–water partition coefficient (Wildman–Crippen LogP) is 0.736. The molecule has 0 spiro atoms. The zero-order valence-corrected chi connectivity index (χ0v) is 5.92. The molecule has 1 N–H and O–H groups in total. The molecule has 2 saturated carbocycles. The molecule has 1 atom stereocenters. The number of Topliss-reactive ketones (excluding diaryl/α,β-unsaturated/α-hetero) is 1. The molecule has 2 nitrogen and oxygen atoms in total. The second-order valence-corrected chi connectivity index (χ2v) is 3.46. The third-order valence-corrected chi connectivity index (χ3v) is 2.34. The maximum absolute atomic E-state index is 11.1. The lowest BCUT2D eigenvalue weighted by Gasteiger charge is -2.04. The molecule has 0 aromatic rings. The van der Waals surface area contributed by atoms with Gasteiger partial charge in [0.15, 0.2) is 5.78 Å². The van der Waals surface area contributed by atoms with E-state index in [0.717, 1.165) is 25.7 Å². The monoisotopic (exact) mass is 140 g/mol. The van der Waals surface area contributed by atoms with E-state index >= 15 is 0 Å². The van der Waals surface area contributed by atoms with Gasteiger partial charge in [0.25, 0.3) is 0 Å². The summed E-state index contributed by atoms with van der Waals surface area (Å²) < 4.78 is 0. The van der Waals surface area contributed by atoms with E-state index in [2.05, 4.69) is 0 Å². The van der Waals surface area contributed by atoms with Crippen LogP contribution in [0.1, 0.15) is 25.7 Å². The summed E-state index contributed by atoms with van der Waals surface area (Å²) >= 11 is 0. The SMILES string of the molecule is O=C(C1CC1)C(O)C1CC1. The molecule has 56 valence electrons. The van der Waals surface area contributed by atoms with Crippen LogP contribution in [-0.4, -0.2) is 17.0 Å². The number of carbonyl (C=O) groups excluding carboxylic acids is 1. The van der Waals surface area contributed by atoms with Crippen molar-refractivity contribution in [2.75, 3.05) is 0 Å². The molecule has 0 aromatic carbocycles. The molecule has 10 heavy (non-hydrogen) atoms. The minimum Gasteiger partial charge on any atom is -0.385 e. The summed E-state index contributed by atoms with van der Waals surface area (Å²) in [6.07, 6.45) is 3.54. The quantitative estimate of drug-likeness (QED) is 0.627. The highest BCUT2D eigenvalue weighted by molar-refractivity contribution is 5.87. The first kappa shape index (κ1) is 6.35. The third-order valence-electron chi connectivity index (χ3n) is 2.34. The third kappa shape index (κ3) is 1.08. The van der Waals surface area contributed by atoms with Crippen molar-refractivity contribution in [3.8, 4) is 0 Å². The van der Waals surface area contributed by atoms with E-state index in [1.54, 1.807) is 0 Å². The van der Waals surface area contributed by atoms with Crippen molar-refractivity contribution in [3.05, 3.63) is 0 Å². The van der Waals surface area contributed by atoms with Crippen molar-refractivity contribution in [1.82, 2.24) is 0 Å². The van der Waals surface area contributed by atoms with Gasteiger partial charge >= 0.3 is 0 Å². The van der Waals surface area contributed by atoms with Crippen LogP contribution in [-0.2, 0) is 4.79 Å². The van der Waals surface area contributed by atoms with Gasteiger partial charge in [0.2, 0.25) is 0 Å². The molecule has 2 aliphatic carbocycles. The zero-order valence-electron chi connectivity index (χ0n) is 5.92. The first-order valence-corrected chi connectivity index (χ1v) is 4.01. The Morgan fingerprint density at radius 3 is 2.30 bits per heavy atom. The van der Waals surface area contributed by atoms with Crippen LogP contribution in [0.25, 0.3) is 0 Å². The molecule has 0 aliphatic heterocycles. The van der Waals surface area contributed by atoms with Crippen molar-refractivity contribution in [2.45, 2.75) is 31.8 Å². The lowest BCUT2D eigenvalue weighted by molar-refractivity contribution is -0.129.